The summed E-state index contributed by atoms with van der Waals surface area (Å²) >= 11 is 5.04. The third-order valence-electron chi connectivity index (χ3n) is 3.15. The van der Waals surface area contributed by atoms with Crippen LogP contribution in [0, 0.1) is 6.92 Å². The van der Waals surface area contributed by atoms with E-state index in [1.807, 2.05) is 14.0 Å². The van der Waals surface area contributed by atoms with Crippen molar-refractivity contribution in [1.82, 2.24) is 9.78 Å². The molecule has 1 aromatic rings. The van der Waals surface area contributed by atoms with E-state index in [1.165, 1.54) is 32.1 Å². The summed E-state index contributed by atoms with van der Waals surface area (Å²) in [6, 6.07) is 0. The third kappa shape index (κ3) is 4.82. The predicted octanol–water partition coefficient (Wildman–Crippen LogP) is 3.10. The van der Waals surface area contributed by atoms with Gasteiger partial charge in [0.2, 0.25) is 5.88 Å². The second-order valence-corrected chi connectivity index (χ2v) is 5.31. The summed E-state index contributed by atoms with van der Waals surface area (Å²) in [7, 11) is 1.85. The van der Waals surface area contributed by atoms with Crippen LogP contribution < -0.4 is 10.5 Å². The van der Waals surface area contributed by atoms with Crippen molar-refractivity contribution in [2.45, 2.75) is 52.4 Å². The third-order valence-corrected chi connectivity index (χ3v) is 3.36. The maximum atomic E-state index is 5.79. The molecular formula is C14H25N3OS. The molecule has 0 aliphatic carbocycles. The van der Waals surface area contributed by atoms with Crippen LogP contribution in [0.1, 0.15) is 56.7 Å². The number of nitrogens with zero attached hydrogens (tertiary/aromatic N) is 2. The lowest BCUT2D eigenvalue weighted by atomic mass is 10.1. The highest BCUT2D eigenvalue weighted by atomic mass is 32.1. The number of hydrogen-bond donors (Lipinski definition) is 1. The van der Waals surface area contributed by atoms with Crippen molar-refractivity contribution in [3.63, 3.8) is 0 Å². The second-order valence-electron chi connectivity index (χ2n) is 4.87. The lowest BCUT2D eigenvalue weighted by molar-refractivity contribution is 0.279. The van der Waals surface area contributed by atoms with Crippen LogP contribution in [0.4, 0.5) is 0 Å². The molecule has 0 radical (unpaired) electrons. The van der Waals surface area contributed by atoms with Gasteiger partial charge in [-0.2, -0.15) is 5.10 Å². The maximum absolute atomic E-state index is 5.79. The van der Waals surface area contributed by atoms with Gasteiger partial charge in [0.15, 0.2) is 0 Å². The Hall–Kier alpha value is -1.10. The summed E-state index contributed by atoms with van der Waals surface area (Å²) in [5.41, 5.74) is 7.31. The molecule has 1 aromatic heterocycles. The molecule has 19 heavy (non-hydrogen) atoms. The fraction of sp³-hybridized carbons (Fsp3) is 0.714. The van der Waals surface area contributed by atoms with Gasteiger partial charge in [0.25, 0.3) is 0 Å². The molecule has 0 saturated carbocycles. The molecular weight excluding hydrogens is 258 g/mol. The zero-order chi connectivity index (χ0) is 14.3. The van der Waals surface area contributed by atoms with Gasteiger partial charge in [-0.1, -0.05) is 51.2 Å². The van der Waals surface area contributed by atoms with Crippen molar-refractivity contribution < 1.29 is 4.74 Å². The Kier molecular flexibility index (Phi) is 6.84. The SMILES string of the molecule is CCCCCCCCOc1c(C(N)=S)c(C)nn1C. The highest BCUT2D eigenvalue weighted by Crippen LogP contribution is 2.21. The Labute approximate surface area is 121 Å². The molecule has 0 unspecified atom stereocenters. The molecule has 5 heteroatoms. The highest BCUT2D eigenvalue weighted by molar-refractivity contribution is 7.80. The minimum atomic E-state index is 0.351. The average Bonchev–Trinajstić information content (AvgIpc) is 2.63. The minimum Gasteiger partial charge on any atom is -0.477 e. The van der Waals surface area contributed by atoms with E-state index in [2.05, 4.69) is 12.0 Å². The van der Waals surface area contributed by atoms with Crippen LogP contribution >= 0.6 is 12.2 Å². The van der Waals surface area contributed by atoms with Gasteiger partial charge in [-0.15, -0.1) is 0 Å². The Balaban J connectivity index is 2.39. The molecule has 0 spiro atoms. The Bertz CT molecular complexity index is 415. The summed E-state index contributed by atoms with van der Waals surface area (Å²) in [6.45, 7) is 4.82. The zero-order valence-electron chi connectivity index (χ0n) is 12.2. The summed E-state index contributed by atoms with van der Waals surface area (Å²) < 4.78 is 7.50. The van der Waals surface area contributed by atoms with E-state index in [1.54, 1.807) is 4.68 Å². The average molecular weight is 283 g/mol. The van der Waals surface area contributed by atoms with Crippen molar-refractivity contribution >= 4 is 17.2 Å². The minimum absolute atomic E-state index is 0.351. The number of nitrogens with two attached hydrogens (primary N) is 1. The molecule has 0 bridgehead atoms. The van der Waals surface area contributed by atoms with E-state index in [0.29, 0.717) is 17.5 Å². The Morgan fingerprint density at radius 1 is 1.26 bits per heavy atom. The van der Waals surface area contributed by atoms with Crippen LogP contribution in [0.5, 0.6) is 5.88 Å². The fourth-order valence-electron chi connectivity index (χ4n) is 2.14. The number of hydrogen-bond acceptors (Lipinski definition) is 3. The summed E-state index contributed by atoms with van der Waals surface area (Å²) in [6.07, 6.45) is 7.47. The molecule has 0 amide bonds. The van der Waals surface area contributed by atoms with Gasteiger partial charge in [0, 0.05) is 7.05 Å². The van der Waals surface area contributed by atoms with Gasteiger partial charge in [0.05, 0.1) is 17.9 Å². The normalized spacial score (nSPS) is 10.7. The molecule has 1 heterocycles. The van der Waals surface area contributed by atoms with Crippen molar-refractivity contribution in [3.05, 3.63) is 11.3 Å². The van der Waals surface area contributed by atoms with Crippen LogP contribution in [-0.2, 0) is 7.05 Å². The molecule has 1 rings (SSSR count). The highest BCUT2D eigenvalue weighted by Gasteiger charge is 2.16. The largest absolute Gasteiger partial charge is 0.477 e. The summed E-state index contributed by atoms with van der Waals surface area (Å²) in [5.74, 6) is 0.693. The monoisotopic (exact) mass is 283 g/mol. The fourth-order valence-corrected chi connectivity index (χ4v) is 2.37. The van der Waals surface area contributed by atoms with Crippen molar-refractivity contribution in [3.8, 4) is 5.88 Å². The predicted molar refractivity (Wildman–Crippen MR) is 82.7 cm³/mol. The van der Waals surface area contributed by atoms with Gasteiger partial charge in [-0.25, -0.2) is 4.68 Å². The lowest BCUT2D eigenvalue weighted by Gasteiger charge is -2.08. The van der Waals surface area contributed by atoms with Crippen LogP contribution in [0.2, 0.25) is 0 Å². The molecule has 0 aromatic carbocycles. The smallest absolute Gasteiger partial charge is 0.222 e. The zero-order valence-corrected chi connectivity index (χ0v) is 13.1. The molecule has 0 saturated heterocycles. The maximum Gasteiger partial charge on any atom is 0.222 e. The van der Waals surface area contributed by atoms with Gasteiger partial charge in [-0.3, -0.25) is 0 Å². The van der Waals surface area contributed by atoms with Crippen LogP contribution in [-0.4, -0.2) is 21.4 Å². The van der Waals surface area contributed by atoms with Crippen molar-refractivity contribution in [2.75, 3.05) is 6.61 Å². The Morgan fingerprint density at radius 3 is 2.53 bits per heavy atom. The first-order valence-electron chi connectivity index (χ1n) is 7.04. The van der Waals surface area contributed by atoms with Crippen molar-refractivity contribution in [1.29, 1.82) is 0 Å². The number of aromatic nitrogens is 2. The van der Waals surface area contributed by atoms with Gasteiger partial charge in [0.1, 0.15) is 4.99 Å². The van der Waals surface area contributed by atoms with Crippen molar-refractivity contribution in [2.24, 2.45) is 12.8 Å². The number of aryl methyl sites for hydroxylation is 2. The number of ether oxygens (including phenoxy) is 1. The summed E-state index contributed by atoms with van der Waals surface area (Å²) in [5, 5.41) is 4.30. The molecule has 0 atom stereocenters. The van der Waals surface area contributed by atoms with Gasteiger partial charge < -0.3 is 10.5 Å². The Morgan fingerprint density at radius 2 is 1.89 bits per heavy atom. The van der Waals surface area contributed by atoms with Crippen LogP contribution in [0.15, 0.2) is 0 Å². The van der Waals surface area contributed by atoms with E-state index >= 15 is 0 Å². The van der Waals surface area contributed by atoms with E-state index in [0.717, 1.165) is 17.7 Å². The molecule has 0 fully saturated rings. The van der Waals surface area contributed by atoms with E-state index < -0.39 is 0 Å². The van der Waals surface area contributed by atoms with E-state index in [4.69, 9.17) is 22.7 Å². The van der Waals surface area contributed by atoms with Gasteiger partial charge >= 0.3 is 0 Å². The number of unbranched alkanes of at least 4 members (excludes halogenated alkanes) is 5. The summed E-state index contributed by atoms with van der Waals surface area (Å²) in [4.78, 5) is 0.351. The quantitative estimate of drug-likeness (QED) is 0.559. The topological polar surface area (TPSA) is 53.1 Å². The second kappa shape index (κ2) is 8.15. The molecule has 0 aliphatic rings. The van der Waals surface area contributed by atoms with E-state index in [9.17, 15) is 0 Å². The first kappa shape index (κ1) is 16.0. The molecule has 2 N–H and O–H groups in total. The van der Waals surface area contributed by atoms with Crippen LogP contribution in [0.25, 0.3) is 0 Å². The van der Waals surface area contributed by atoms with Gasteiger partial charge in [-0.05, 0) is 13.3 Å². The van der Waals surface area contributed by atoms with E-state index in [-0.39, 0.29) is 0 Å². The lowest BCUT2D eigenvalue weighted by Crippen LogP contribution is -2.13. The first-order chi connectivity index (χ1) is 9.07. The molecule has 4 nitrogen and oxygen atoms in total. The van der Waals surface area contributed by atoms with Crippen LogP contribution in [0.3, 0.4) is 0 Å². The molecule has 0 aliphatic heterocycles. The number of rotatable bonds is 9. The number of thiocarbonyl (C=S) groups is 1. The standard InChI is InChI=1S/C14H25N3OS/c1-4-5-6-7-8-9-10-18-14-12(13(15)19)11(2)16-17(14)3/h4-10H2,1-3H3,(H2,15,19). The first-order valence-corrected chi connectivity index (χ1v) is 7.45. The molecule has 108 valence electrons.